The molecule has 13 heavy (non-hydrogen) atoms. The number of allylic oxidation sites excluding steroid dienone is 1. The molecule has 1 N–H and O–H groups in total. The van der Waals surface area contributed by atoms with Gasteiger partial charge in [-0.3, -0.25) is 0 Å². The summed E-state index contributed by atoms with van der Waals surface area (Å²) in [6.45, 7) is 6.66. The van der Waals surface area contributed by atoms with Gasteiger partial charge in [0.15, 0.2) is 0 Å². The van der Waals surface area contributed by atoms with Crippen LogP contribution in [0, 0.1) is 0 Å². The molecule has 1 rings (SSSR count). The van der Waals surface area contributed by atoms with E-state index in [0.29, 0.717) is 6.04 Å². The summed E-state index contributed by atoms with van der Waals surface area (Å²) in [6.07, 6.45) is 3.14. The molecule has 1 aliphatic heterocycles. The summed E-state index contributed by atoms with van der Waals surface area (Å²) in [5.74, 6) is 0.999. The number of likely N-dealkylation sites (N-methyl/N-ethyl adjacent to an activating group) is 1. The molecule has 74 valence electrons. The van der Waals surface area contributed by atoms with Gasteiger partial charge in [-0.25, -0.2) is 0 Å². The van der Waals surface area contributed by atoms with E-state index in [2.05, 4.69) is 18.2 Å². The Morgan fingerprint density at radius 1 is 1.69 bits per heavy atom. The molecule has 1 unspecified atom stereocenters. The van der Waals surface area contributed by atoms with Crippen LogP contribution in [-0.2, 0) is 4.74 Å². The van der Waals surface area contributed by atoms with Crippen LogP contribution in [0.25, 0.3) is 0 Å². The summed E-state index contributed by atoms with van der Waals surface area (Å²) in [5.41, 5.74) is 1.03. The zero-order chi connectivity index (χ0) is 9.84. The second-order valence-corrected chi connectivity index (χ2v) is 4.14. The van der Waals surface area contributed by atoms with Crippen molar-refractivity contribution in [3.8, 4) is 0 Å². The molecule has 1 heterocycles. The van der Waals surface area contributed by atoms with Crippen molar-refractivity contribution in [3.05, 3.63) is 22.8 Å². The molecule has 0 saturated heterocycles. The first-order chi connectivity index (χ1) is 6.19. The van der Waals surface area contributed by atoms with Crippen LogP contribution in [0.3, 0.4) is 0 Å². The molecule has 0 aromatic heterocycles. The van der Waals surface area contributed by atoms with Gasteiger partial charge in [-0.1, -0.05) is 6.58 Å². The van der Waals surface area contributed by atoms with Crippen molar-refractivity contribution in [3.63, 3.8) is 0 Å². The van der Waals surface area contributed by atoms with Crippen LogP contribution in [0.5, 0.6) is 0 Å². The molecule has 0 aromatic carbocycles. The fraction of sp³-hybridized carbons (Fsp3) is 0.600. The lowest BCUT2D eigenvalue weighted by atomic mass is 10.1. The van der Waals surface area contributed by atoms with E-state index < -0.39 is 0 Å². The lowest BCUT2D eigenvalue weighted by molar-refractivity contribution is 0.170. The van der Waals surface area contributed by atoms with Crippen molar-refractivity contribution in [2.45, 2.75) is 19.4 Å². The average Bonchev–Trinajstić information content (AvgIpc) is 2.16. The number of hydrogen-bond donors (Lipinski definition) is 1. The predicted molar refractivity (Wildman–Crippen MR) is 58.8 cm³/mol. The lowest BCUT2D eigenvalue weighted by Gasteiger charge is -2.26. The van der Waals surface area contributed by atoms with E-state index in [-0.39, 0.29) is 0 Å². The number of nitrogens with one attached hydrogen (secondary N) is 1. The molecular weight excluding hydrogens is 182 g/mol. The van der Waals surface area contributed by atoms with Gasteiger partial charge in [-0.15, -0.1) is 11.8 Å². The summed E-state index contributed by atoms with van der Waals surface area (Å²) >= 11 is 1.76. The van der Waals surface area contributed by atoms with Crippen LogP contribution in [0.15, 0.2) is 22.8 Å². The molecular formula is C10H17NOS. The van der Waals surface area contributed by atoms with E-state index in [1.807, 2.05) is 14.0 Å². The third-order valence-corrected chi connectivity index (χ3v) is 3.00. The molecule has 3 heteroatoms. The third-order valence-electron chi connectivity index (χ3n) is 2.16. The van der Waals surface area contributed by atoms with Crippen LogP contribution in [0.4, 0.5) is 0 Å². The van der Waals surface area contributed by atoms with Gasteiger partial charge in [0, 0.05) is 17.4 Å². The maximum atomic E-state index is 5.64. The van der Waals surface area contributed by atoms with Gasteiger partial charge in [0.2, 0.25) is 0 Å². The Hall–Kier alpha value is -0.410. The maximum absolute atomic E-state index is 5.64. The molecule has 0 radical (unpaired) electrons. The van der Waals surface area contributed by atoms with Crippen LogP contribution in [-0.4, -0.2) is 26.0 Å². The van der Waals surface area contributed by atoms with E-state index in [4.69, 9.17) is 4.74 Å². The molecule has 0 amide bonds. The first-order valence-electron chi connectivity index (χ1n) is 4.42. The third kappa shape index (κ3) is 2.51. The molecule has 2 nitrogen and oxygen atoms in total. The second kappa shape index (κ2) is 4.72. The molecule has 0 aliphatic carbocycles. The summed E-state index contributed by atoms with van der Waals surface area (Å²) in [6, 6.07) is 0.450. The second-order valence-electron chi connectivity index (χ2n) is 3.24. The minimum absolute atomic E-state index is 0.450. The SMILES string of the molecule is C=C(C)C1=C(SC)CC(NC)CO1. The predicted octanol–water partition coefficient (Wildman–Crippen LogP) is 2.15. The number of rotatable bonds is 3. The monoisotopic (exact) mass is 199 g/mol. The van der Waals surface area contributed by atoms with Crippen molar-refractivity contribution in [2.75, 3.05) is 19.9 Å². The Bertz CT molecular complexity index is 235. The highest BCUT2D eigenvalue weighted by atomic mass is 32.2. The van der Waals surface area contributed by atoms with Gasteiger partial charge in [0.25, 0.3) is 0 Å². The van der Waals surface area contributed by atoms with Gasteiger partial charge in [0.05, 0.1) is 0 Å². The highest BCUT2D eigenvalue weighted by molar-refractivity contribution is 8.02. The Morgan fingerprint density at radius 3 is 2.85 bits per heavy atom. The zero-order valence-electron chi connectivity index (χ0n) is 8.52. The smallest absolute Gasteiger partial charge is 0.131 e. The van der Waals surface area contributed by atoms with E-state index in [1.54, 1.807) is 11.8 Å². The highest BCUT2D eigenvalue weighted by Gasteiger charge is 2.20. The topological polar surface area (TPSA) is 21.3 Å². The quantitative estimate of drug-likeness (QED) is 0.752. The first-order valence-corrected chi connectivity index (χ1v) is 5.64. The maximum Gasteiger partial charge on any atom is 0.131 e. The van der Waals surface area contributed by atoms with Crippen LogP contribution in [0.1, 0.15) is 13.3 Å². The van der Waals surface area contributed by atoms with E-state index in [1.165, 1.54) is 4.91 Å². The fourth-order valence-electron chi connectivity index (χ4n) is 1.36. The van der Waals surface area contributed by atoms with Gasteiger partial charge in [-0.05, 0) is 25.8 Å². The molecule has 0 fully saturated rings. The summed E-state index contributed by atoms with van der Waals surface area (Å²) in [7, 11) is 1.97. The molecule has 0 spiro atoms. The summed E-state index contributed by atoms with van der Waals surface area (Å²) < 4.78 is 5.64. The molecule has 0 bridgehead atoms. The van der Waals surface area contributed by atoms with E-state index >= 15 is 0 Å². The Labute approximate surface area is 84.4 Å². The Morgan fingerprint density at radius 2 is 2.38 bits per heavy atom. The molecule has 1 atom stereocenters. The Kier molecular flexibility index (Phi) is 3.88. The summed E-state index contributed by atoms with van der Waals surface area (Å²) in [5, 5.41) is 3.23. The van der Waals surface area contributed by atoms with Crippen LogP contribution >= 0.6 is 11.8 Å². The fourth-order valence-corrected chi connectivity index (χ4v) is 2.15. The highest BCUT2D eigenvalue weighted by Crippen LogP contribution is 2.30. The van der Waals surface area contributed by atoms with Gasteiger partial charge < -0.3 is 10.1 Å². The molecule has 0 saturated carbocycles. The normalized spacial score (nSPS) is 22.8. The number of ether oxygens (including phenoxy) is 1. The van der Waals surface area contributed by atoms with Gasteiger partial charge in [0.1, 0.15) is 12.4 Å². The van der Waals surface area contributed by atoms with E-state index in [0.717, 1.165) is 24.4 Å². The number of thioether (sulfide) groups is 1. The largest absolute Gasteiger partial charge is 0.491 e. The minimum Gasteiger partial charge on any atom is -0.491 e. The van der Waals surface area contributed by atoms with Crippen molar-refractivity contribution < 1.29 is 4.74 Å². The standard InChI is InChI=1S/C10H17NOS/c1-7(2)10-9(13-4)5-8(11-3)6-12-10/h8,11H,1,5-6H2,2-4H3. The average molecular weight is 199 g/mol. The van der Waals surface area contributed by atoms with Crippen molar-refractivity contribution in [1.82, 2.24) is 5.32 Å². The summed E-state index contributed by atoms with van der Waals surface area (Å²) in [4.78, 5) is 1.30. The van der Waals surface area contributed by atoms with Gasteiger partial charge in [-0.2, -0.15) is 0 Å². The first kappa shape index (κ1) is 10.7. The van der Waals surface area contributed by atoms with Crippen molar-refractivity contribution >= 4 is 11.8 Å². The molecule has 0 aromatic rings. The van der Waals surface area contributed by atoms with Crippen LogP contribution in [0.2, 0.25) is 0 Å². The van der Waals surface area contributed by atoms with Crippen LogP contribution < -0.4 is 5.32 Å². The van der Waals surface area contributed by atoms with Crippen molar-refractivity contribution in [1.29, 1.82) is 0 Å². The Balaban J connectivity index is 2.78. The minimum atomic E-state index is 0.450. The molecule has 1 aliphatic rings. The van der Waals surface area contributed by atoms with E-state index in [9.17, 15) is 0 Å². The lowest BCUT2D eigenvalue weighted by Crippen LogP contribution is -2.33. The van der Waals surface area contributed by atoms with Gasteiger partial charge >= 0.3 is 0 Å². The van der Waals surface area contributed by atoms with Crippen molar-refractivity contribution in [2.24, 2.45) is 0 Å². The number of hydrogen-bond acceptors (Lipinski definition) is 3. The zero-order valence-corrected chi connectivity index (χ0v) is 9.33.